The Morgan fingerprint density at radius 3 is 2.40 bits per heavy atom. The molecule has 30 heavy (non-hydrogen) atoms. The smallest absolute Gasteiger partial charge is 0.307 e. The van der Waals surface area contributed by atoms with Crippen LogP contribution in [-0.2, 0) is 19.1 Å². The largest absolute Gasteiger partial charge is 0.469 e. The van der Waals surface area contributed by atoms with Crippen LogP contribution in [0.15, 0.2) is 18.5 Å². The summed E-state index contributed by atoms with van der Waals surface area (Å²) >= 11 is 0. The van der Waals surface area contributed by atoms with E-state index in [-0.39, 0.29) is 18.5 Å². The summed E-state index contributed by atoms with van der Waals surface area (Å²) in [6.45, 7) is 3.54. The monoisotopic (exact) mass is 415 g/mol. The first-order valence-electron chi connectivity index (χ1n) is 9.01. The number of carbonyl (C=O) groups is 3. The second-order valence-corrected chi connectivity index (χ2v) is 6.57. The van der Waals surface area contributed by atoms with Crippen molar-refractivity contribution in [2.75, 3.05) is 19.5 Å². The molecule has 12 nitrogen and oxygen atoms in total. The molecule has 0 radical (unpaired) electrons. The summed E-state index contributed by atoms with van der Waals surface area (Å²) < 4.78 is 12.3. The van der Waals surface area contributed by atoms with Crippen molar-refractivity contribution in [3.05, 3.63) is 35.5 Å². The first-order chi connectivity index (χ1) is 14.3. The van der Waals surface area contributed by atoms with Crippen LogP contribution in [0.5, 0.6) is 0 Å². The Bertz CT molecular complexity index is 1090. The highest BCUT2D eigenvalue weighted by Gasteiger charge is 2.22. The van der Waals surface area contributed by atoms with Gasteiger partial charge < -0.3 is 14.8 Å². The predicted octanol–water partition coefficient (Wildman–Crippen LogP) is 0.857. The van der Waals surface area contributed by atoms with Gasteiger partial charge in [0.1, 0.15) is 0 Å². The van der Waals surface area contributed by atoms with Crippen LogP contribution in [0.4, 0.5) is 5.69 Å². The third-order valence-electron chi connectivity index (χ3n) is 4.43. The lowest BCUT2D eigenvalue weighted by atomic mass is 10.1. The average molecular weight is 415 g/mol. The van der Waals surface area contributed by atoms with E-state index in [9.17, 15) is 14.4 Å². The fourth-order valence-electron chi connectivity index (χ4n) is 2.89. The van der Waals surface area contributed by atoms with Gasteiger partial charge >= 0.3 is 11.9 Å². The van der Waals surface area contributed by atoms with Crippen LogP contribution in [0.2, 0.25) is 0 Å². The molecule has 1 amide bonds. The number of nitrogens with one attached hydrogen (secondary N) is 1. The van der Waals surface area contributed by atoms with E-state index < -0.39 is 23.9 Å². The number of aryl methyl sites for hydroxylation is 2. The second-order valence-electron chi connectivity index (χ2n) is 6.57. The highest BCUT2D eigenvalue weighted by atomic mass is 16.5. The van der Waals surface area contributed by atoms with Gasteiger partial charge in [0.15, 0.2) is 11.3 Å². The zero-order valence-electron chi connectivity index (χ0n) is 16.9. The molecule has 0 atom stereocenters. The Morgan fingerprint density at radius 1 is 1.10 bits per heavy atom. The van der Waals surface area contributed by atoms with Crippen LogP contribution >= 0.6 is 0 Å². The van der Waals surface area contributed by atoms with Gasteiger partial charge in [0.2, 0.25) is 0 Å². The molecule has 0 fully saturated rings. The zero-order chi connectivity index (χ0) is 21.8. The van der Waals surface area contributed by atoms with Crippen molar-refractivity contribution in [1.82, 2.24) is 29.6 Å². The number of carbonyl (C=O) groups excluding carboxylic acids is 3. The Hall–Kier alpha value is -3.83. The molecule has 0 unspecified atom stereocenters. The van der Waals surface area contributed by atoms with Gasteiger partial charge in [-0.05, 0) is 13.8 Å². The summed E-state index contributed by atoms with van der Waals surface area (Å²) in [7, 11) is 2.52. The molecule has 0 saturated heterocycles. The summed E-state index contributed by atoms with van der Waals surface area (Å²) in [6.07, 6.45) is 2.74. The van der Waals surface area contributed by atoms with E-state index in [1.54, 1.807) is 17.5 Å². The number of nitrogens with zero attached hydrogens (tertiary/aromatic N) is 6. The Kier molecular flexibility index (Phi) is 6.04. The molecule has 0 bridgehead atoms. The molecule has 0 aliphatic rings. The van der Waals surface area contributed by atoms with Gasteiger partial charge in [-0.15, -0.1) is 10.2 Å². The number of ether oxygens (including phenoxy) is 2. The minimum atomic E-state index is -0.625. The molecular weight excluding hydrogens is 394 g/mol. The number of methoxy groups -OCH3 is 2. The maximum absolute atomic E-state index is 12.7. The Morgan fingerprint density at radius 2 is 1.77 bits per heavy atom. The van der Waals surface area contributed by atoms with Crippen LogP contribution in [-0.4, -0.2) is 61.7 Å². The normalized spacial score (nSPS) is 11.0. The van der Waals surface area contributed by atoms with Crippen molar-refractivity contribution in [3.63, 3.8) is 0 Å². The molecule has 3 heterocycles. The van der Waals surface area contributed by atoms with Gasteiger partial charge in [-0.25, -0.2) is 4.52 Å². The van der Waals surface area contributed by atoms with E-state index in [0.717, 1.165) is 5.69 Å². The van der Waals surface area contributed by atoms with E-state index in [4.69, 9.17) is 0 Å². The number of aromatic nitrogens is 6. The standard InChI is InChI=1S/C18H21N7O5/c1-10-5-14-21-22-17(11(2)25(14)23-10)18(28)20-12-8-19-24(9-12)13(6-15(26)29-3)7-16(27)30-4/h5,8-9,13H,6-7H2,1-4H3,(H,20,28). The first-order valence-corrected chi connectivity index (χ1v) is 9.01. The molecule has 0 aliphatic carbocycles. The summed E-state index contributed by atoms with van der Waals surface area (Å²) in [5.74, 6) is -1.50. The summed E-state index contributed by atoms with van der Waals surface area (Å²) in [5, 5.41) is 19.1. The number of hydrogen-bond acceptors (Lipinski definition) is 9. The van der Waals surface area contributed by atoms with E-state index in [0.29, 0.717) is 17.0 Å². The van der Waals surface area contributed by atoms with Gasteiger partial charge in [-0.3, -0.25) is 19.1 Å². The van der Waals surface area contributed by atoms with Crippen LogP contribution in [0.25, 0.3) is 5.65 Å². The molecule has 0 aliphatic heterocycles. The number of hydrogen-bond donors (Lipinski definition) is 1. The molecule has 0 spiro atoms. The zero-order valence-corrected chi connectivity index (χ0v) is 16.9. The number of amides is 1. The highest BCUT2D eigenvalue weighted by Crippen LogP contribution is 2.20. The van der Waals surface area contributed by atoms with Crippen LogP contribution in [0.3, 0.4) is 0 Å². The van der Waals surface area contributed by atoms with E-state index in [1.807, 2.05) is 6.92 Å². The SMILES string of the molecule is COC(=O)CC(CC(=O)OC)n1cc(NC(=O)c2nnc3cc(C)nn3c2C)cn1. The van der Waals surface area contributed by atoms with Crippen molar-refractivity contribution in [2.24, 2.45) is 0 Å². The lowest BCUT2D eigenvalue weighted by Crippen LogP contribution is -2.20. The fraction of sp³-hybridized carbons (Fsp3) is 0.389. The second kappa shape index (κ2) is 8.68. The fourth-order valence-corrected chi connectivity index (χ4v) is 2.89. The van der Waals surface area contributed by atoms with Gasteiger partial charge in [-0.2, -0.15) is 10.2 Å². The molecule has 12 heteroatoms. The molecule has 1 N–H and O–H groups in total. The third-order valence-corrected chi connectivity index (χ3v) is 4.43. The lowest BCUT2D eigenvalue weighted by molar-refractivity contribution is -0.144. The summed E-state index contributed by atoms with van der Waals surface area (Å²) in [6, 6.07) is 1.13. The molecule has 0 aromatic carbocycles. The van der Waals surface area contributed by atoms with E-state index in [2.05, 4.69) is 35.2 Å². The number of esters is 2. The molecule has 158 valence electrons. The van der Waals surface area contributed by atoms with E-state index >= 15 is 0 Å². The first kappa shape index (κ1) is 20.9. The van der Waals surface area contributed by atoms with Crippen molar-refractivity contribution in [3.8, 4) is 0 Å². The Balaban J connectivity index is 1.79. The van der Waals surface area contributed by atoms with Crippen molar-refractivity contribution in [2.45, 2.75) is 32.7 Å². The molecule has 3 rings (SSSR count). The highest BCUT2D eigenvalue weighted by molar-refractivity contribution is 6.03. The third kappa shape index (κ3) is 4.42. The number of anilines is 1. The van der Waals surface area contributed by atoms with Gasteiger partial charge in [0.25, 0.3) is 5.91 Å². The summed E-state index contributed by atoms with van der Waals surface area (Å²) in [4.78, 5) is 36.0. The maximum atomic E-state index is 12.7. The average Bonchev–Trinajstić information content (AvgIpc) is 3.33. The molecular formula is C18H21N7O5. The van der Waals surface area contributed by atoms with E-state index in [1.165, 1.54) is 31.3 Å². The van der Waals surface area contributed by atoms with Crippen LogP contribution < -0.4 is 5.32 Å². The molecule has 3 aromatic rings. The predicted molar refractivity (Wildman–Crippen MR) is 103 cm³/mol. The van der Waals surface area contributed by atoms with Gasteiger partial charge in [-0.1, -0.05) is 0 Å². The minimum absolute atomic E-state index is 0.0828. The van der Waals surface area contributed by atoms with Crippen LogP contribution in [0, 0.1) is 13.8 Å². The molecule has 0 saturated carbocycles. The Labute approximate surface area is 171 Å². The van der Waals surface area contributed by atoms with Crippen molar-refractivity contribution >= 4 is 29.2 Å². The van der Waals surface area contributed by atoms with Gasteiger partial charge in [0, 0.05) is 12.3 Å². The minimum Gasteiger partial charge on any atom is -0.469 e. The van der Waals surface area contributed by atoms with Crippen molar-refractivity contribution in [1.29, 1.82) is 0 Å². The lowest BCUT2D eigenvalue weighted by Gasteiger charge is -2.15. The number of rotatable bonds is 7. The van der Waals surface area contributed by atoms with Crippen molar-refractivity contribution < 1.29 is 23.9 Å². The molecule has 3 aromatic heterocycles. The number of fused-ring (bicyclic) bond motifs is 1. The topological polar surface area (TPSA) is 143 Å². The van der Waals surface area contributed by atoms with Gasteiger partial charge in [0.05, 0.1) is 56.4 Å². The quantitative estimate of drug-likeness (QED) is 0.556. The maximum Gasteiger partial charge on any atom is 0.307 e. The summed E-state index contributed by atoms with van der Waals surface area (Å²) in [5.41, 5.74) is 2.31. The van der Waals surface area contributed by atoms with Crippen LogP contribution in [0.1, 0.15) is 40.8 Å².